The highest BCUT2D eigenvalue weighted by atomic mass is 16.5. The van der Waals surface area contributed by atoms with Crippen LogP contribution in [0.5, 0.6) is 5.75 Å². The molecule has 1 aromatic carbocycles. The standard InChI is InChI=1S/C22H24N4O4/c1-29-22(28)16-4-2-3-5-18(16)30-19-9-15-13-25(12-14(15)8-17(19)27)21-11-23-10-20-24-6-7-26(20)21/h2-7,10-11,14-15,17,19,27H,8-9,12-13H2,1H3/t14-,15+,17+,19+/m0/s1. The van der Waals surface area contributed by atoms with Crippen LogP contribution >= 0.6 is 0 Å². The Balaban J connectivity index is 1.34. The highest BCUT2D eigenvalue weighted by molar-refractivity contribution is 5.92. The smallest absolute Gasteiger partial charge is 0.341 e. The van der Waals surface area contributed by atoms with Gasteiger partial charge in [-0.05, 0) is 36.8 Å². The first kappa shape index (κ1) is 18.9. The number of hydrogen-bond acceptors (Lipinski definition) is 7. The molecule has 30 heavy (non-hydrogen) atoms. The van der Waals surface area contributed by atoms with Crippen molar-refractivity contribution in [1.82, 2.24) is 14.4 Å². The van der Waals surface area contributed by atoms with Crippen molar-refractivity contribution in [3.05, 3.63) is 54.6 Å². The Morgan fingerprint density at radius 1 is 1.17 bits per heavy atom. The van der Waals surface area contributed by atoms with Crippen LogP contribution in [0, 0.1) is 11.8 Å². The molecule has 156 valence electrons. The van der Waals surface area contributed by atoms with Crippen molar-refractivity contribution in [1.29, 1.82) is 0 Å². The van der Waals surface area contributed by atoms with E-state index in [0.29, 0.717) is 29.6 Å². The van der Waals surface area contributed by atoms with Crippen LogP contribution in [0.2, 0.25) is 0 Å². The second-order valence-electron chi connectivity index (χ2n) is 8.03. The minimum absolute atomic E-state index is 0.362. The van der Waals surface area contributed by atoms with Gasteiger partial charge >= 0.3 is 5.97 Å². The topological polar surface area (TPSA) is 89.2 Å². The molecule has 1 aliphatic carbocycles. The number of nitrogens with zero attached hydrogens (tertiary/aromatic N) is 4. The molecule has 0 bridgehead atoms. The molecule has 3 heterocycles. The van der Waals surface area contributed by atoms with Gasteiger partial charge in [-0.25, -0.2) is 9.78 Å². The third kappa shape index (κ3) is 3.27. The van der Waals surface area contributed by atoms with Gasteiger partial charge in [-0.15, -0.1) is 0 Å². The molecule has 3 aromatic rings. The van der Waals surface area contributed by atoms with E-state index in [1.165, 1.54) is 7.11 Å². The Morgan fingerprint density at radius 3 is 2.80 bits per heavy atom. The number of anilines is 1. The lowest BCUT2D eigenvalue weighted by molar-refractivity contribution is -0.0237. The molecule has 1 N–H and O–H groups in total. The first-order valence-corrected chi connectivity index (χ1v) is 10.2. The van der Waals surface area contributed by atoms with Gasteiger partial charge < -0.3 is 19.5 Å². The highest BCUT2D eigenvalue weighted by Crippen LogP contribution is 2.40. The Kier molecular flexibility index (Phi) is 4.78. The van der Waals surface area contributed by atoms with Crippen molar-refractivity contribution >= 4 is 17.4 Å². The summed E-state index contributed by atoms with van der Waals surface area (Å²) in [5.74, 6) is 1.80. The Morgan fingerprint density at radius 2 is 1.97 bits per heavy atom. The number of aliphatic hydroxyl groups is 1. The van der Waals surface area contributed by atoms with Gasteiger partial charge in [0.25, 0.3) is 0 Å². The van der Waals surface area contributed by atoms with Crippen LogP contribution in [0.25, 0.3) is 5.65 Å². The monoisotopic (exact) mass is 408 g/mol. The van der Waals surface area contributed by atoms with Gasteiger partial charge in [-0.1, -0.05) is 12.1 Å². The fourth-order valence-corrected chi connectivity index (χ4v) is 4.79. The summed E-state index contributed by atoms with van der Waals surface area (Å²) >= 11 is 0. The molecule has 1 aliphatic heterocycles. The molecule has 0 radical (unpaired) electrons. The van der Waals surface area contributed by atoms with Crippen molar-refractivity contribution in [3.8, 4) is 5.75 Å². The van der Waals surface area contributed by atoms with Crippen LogP contribution < -0.4 is 9.64 Å². The normalized spacial score (nSPS) is 25.9. The predicted molar refractivity (Wildman–Crippen MR) is 110 cm³/mol. The summed E-state index contributed by atoms with van der Waals surface area (Å²) in [7, 11) is 1.35. The summed E-state index contributed by atoms with van der Waals surface area (Å²) < 4.78 is 13.0. The van der Waals surface area contributed by atoms with E-state index < -0.39 is 12.1 Å². The van der Waals surface area contributed by atoms with Crippen molar-refractivity contribution in [3.63, 3.8) is 0 Å². The van der Waals surface area contributed by atoms with Gasteiger partial charge in [0, 0.05) is 25.5 Å². The molecule has 1 saturated heterocycles. The number of imidazole rings is 1. The second-order valence-corrected chi connectivity index (χ2v) is 8.03. The van der Waals surface area contributed by atoms with E-state index in [0.717, 1.165) is 31.0 Å². The molecule has 8 nitrogen and oxygen atoms in total. The molecule has 0 unspecified atom stereocenters. The number of para-hydroxylation sites is 1. The summed E-state index contributed by atoms with van der Waals surface area (Å²) in [4.78, 5) is 23.0. The number of rotatable bonds is 4. The molecule has 0 spiro atoms. The minimum Gasteiger partial charge on any atom is -0.487 e. The average Bonchev–Trinajstić information content (AvgIpc) is 3.40. The van der Waals surface area contributed by atoms with E-state index in [4.69, 9.17) is 9.47 Å². The maximum Gasteiger partial charge on any atom is 0.341 e. The molecule has 2 aliphatic rings. The number of esters is 1. The number of hydrogen-bond donors (Lipinski definition) is 1. The maximum absolute atomic E-state index is 12.0. The summed E-state index contributed by atoms with van der Waals surface area (Å²) in [6.07, 6.45) is 7.78. The van der Waals surface area contributed by atoms with Crippen LogP contribution in [0.1, 0.15) is 23.2 Å². The maximum atomic E-state index is 12.0. The number of fused-ring (bicyclic) bond motifs is 2. The molecular weight excluding hydrogens is 384 g/mol. The Hall–Kier alpha value is -3.13. The molecule has 5 rings (SSSR count). The number of ether oxygens (including phenoxy) is 2. The van der Waals surface area contributed by atoms with E-state index in [1.54, 1.807) is 30.6 Å². The fraction of sp³-hybridized carbons (Fsp3) is 0.409. The van der Waals surface area contributed by atoms with Crippen LogP contribution in [0.15, 0.2) is 49.1 Å². The third-order valence-electron chi connectivity index (χ3n) is 6.28. The van der Waals surface area contributed by atoms with Crippen molar-refractivity contribution < 1.29 is 19.4 Å². The van der Waals surface area contributed by atoms with Crippen molar-refractivity contribution in [2.45, 2.75) is 25.0 Å². The van der Waals surface area contributed by atoms with Gasteiger partial charge in [-0.3, -0.25) is 9.38 Å². The van der Waals surface area contributed by atoms with Gasteiger partial charge in [0.05, 0.1) is 25.6 Å². The quantitative estimate of drug-likeness (QED) is 0.662. The largest absolute Gasteiger partial charge is 0.487 e. The predicted octanol–water partition coefficient (Wildman–Crippen LogP) is 2.17. The van der Waals surface area contributed by atoms with E-state index in [2.05, 4.69) is 14.9 Å². The zero-order valence-corrected chi connectivity index (χ0v) is 16.7. The fourth-order valence-electron chi connectivity index (χ4n) is 4.79. The van der Waals surface area contributed by atoms with Gasteiger partial charge in [0.1, 0.15) is 23.2 Å². The molecule has 4 atom stereocenters. The van der Waals surface area contributed by atoms with E-state index >= 15 is 0 Å². The number of aromatic nitrogens is 3. The molecule has 2 aromatic heterocycles. The Labute approximate surface area is 174 Å². The number of benzene rings is 1. The lowest BCUT2D eigenvalue weighted by atomic mass is 9.78. The summed E-state index contributed by atoms with van der Waals surface area (Å²) in [5.41, 5.74) is 1.20. The molecule has 0 amide bonds. The van der Waals surface area contributed by atoms with E-state index in [-0.39, 0.29) is 6.10 Å². The molecule has 1 saturated carbocycles. The summed E-state index contributed by atoms with van der Waals surface area (Å²) in [6.45, 7) is 1.74. The second kappa shape index (κ2) is 7.60. The summed E-state index contributed by atoms with van der Waals surface area (Å²) in [5, 5.41) is 10.8. The third-order valence-corrected chi connectivity index (χ3v) is 6.28. The van der Waals surface area contributed by atoms with Crippen molar-refractivity contribution in [2.24, 2.45) is 11.8 Å². The van der Waals surface area contributed by atoms with E-state index in [9.17, 15) is 9.90 Å². The summed E-state index contributed by atoms with van der Waals surface area (Å²) in [6, 6.07) is 7.01. The first-order valence-electron chi connectivity index (χ1n) is 10.2. The van der Waals surface area contributed by atoms with Crippen LogP contribution in [0.4, 0.5) is 5.82 Å². The Bertz CT molecular complexity index is 1070. The van der Waals surface area contributed by atoms with Crippen molar-refractivity contribution in [2.75, 3.05) is 25.1 Å². The number of aliphatic hydroxyl groups excluding tert-OH is 1. The zero-order chi connectivity index (χ0) is 20.7. The lowest BCUT2D eigenvalue weighted by Gasteiger charge is -2.35. The lowest BCUT2D eigenvalue weighted by Crippen LogP contribution is -2.42. The minimum atomic E-state index is -0.584. The average molecular weight is 408 g/mol. The van der Waals surface area contributed by atoms with E-state index in [1.807, 2.05) is 22.9 Å². The van der Waals surface area contributed by atoms with Gasteiger partial charge in [-0.2, -0.15) is 0 Å². The highest BCUT2D eigenvalue weighted by Gasteiger charge is 2.43. The van der Waals surface area contributed by atoms with Crippen LogP contribution in [-0.4, -0.2) is 57.9 Å². The number of carbonyl (C=O) groups is 1. The molecule has 2 fully saturated rings. The number of carbonyl (C=O) groups excluding carboxylic acids is 1. The van der Waals surface area contributed by atoms with Crippen LogP contribution in [-0.2, 0) is 4.74 Å². The van der Waals surface area contributed by atoms with Gasteiger partial charge in [0.15, 0.2) is 5.65 Å². The van der Waals surface area contributed by atoms with Crippen LogP contribution in [0.3, 0.4) is 0 Å². The molecule has 8 heteroatoms. The SMILES string of the molecule is COC(=O)c1ccccc1O[C@@H]1C[C@@H]2CN(c3cncc4nccn34)C[C@@H]2C[C@H]1O. The first-order chi connectivity index (χ1) is 14.6. The molecular formula is C22H24N4O4. The number of methoxy groups -OCH3 is 1. The zero-order valence-electron chi connectivity index (χ0n) is 16.7. The van der Waals surface area contributed by atoms with Gasteiger partial charge in [0.2, 0.25) is 0 Å².